The number of rotatable bonds is 4. The van der Waals surface area contributed by atoms with Gasteiger partial charge >= 0.3 is 0 Å². The topological polar surface area (TPSA) is 47.0 Å². The second-order valence-corrected chi connectivity index (χ2v) is 5.16. The summed E-state index contributed by atoms with van der Waals surface area (Å²) >= 11 is 0. The molecular weight excluding hydrogens is 269 g/mol. The highest BCUT2D eigenvalue weighted by atomic mass is 19.1. The van der Waals surface area contributed by atoms with Crippen molar-refractivity contribution in [2.75, 3.05) is 13.1 Å². The van der Waals surface area contributed by atoms with Crippen LogP contribution in [0.2, 0.25) is 0 Å². The molecule has 1 N–H and O–H groups in total. The highest BCUT2D eigenvalue weighted by molar-refractivity contribution is 5.37. The number of nitrogens with zero attached hydrogens (tertiary/aromatic N) is 2. The smallest absolute Gasteiger partial charge is 0.166 e. The maximum Gasteiger partial charge on any atom is 0.166 e. The second kappa shape index (κ2) is 6.63. The molecule has 0 aliphatic carbocycles. The minimum Gasteiger partial charge on any atom is -0.485 e. The average molecular weight is 287 g/mol. The maximum absolute atomic E-state index is 13.6. The Labute approximate surface area is 123 Å². The van der Waals surface area contributed by atoms with E-state index in [9.17, 15) is 4.39 Å². The van der Waals surface area contributed by atoms with Gasteiger partial charge in [-0.2, -0.15) is 0 Å². The first-order valence-corrected chi connectivity index (χ1v) is 7.22. The first-order chi connectivity index (χ1) is 10.3. The molecule has 5 heteroatoms. The van der Waals surface area contributed by atoms with Gasteiger partial charge in [0.25, 0.3) is 0 Å². The summed E-state index contributed by atoms with van der Waals surface area (Å²) in [5.74, 6) is 1.48. The van der Waals surface area contributed by atoms with Crippen molar-refractivity contribution in [3.63, 3.8) is 0 Å². The van der Waals surface area contributed by atoms with Gasteiger partial charge in [-0.1, -0.05) is 0 Å². The molecule has 4 nitrogen and oxygen atoms in total. The highest BCUT2D eigenvalue weighted by Crippen LogP contribution is 2.33. The molecular formula is C16H18FN3O. The summed E-state index contributed by atoms with van der Waals surface area (Å²) in [4.78, 5) is 8.27. The van der Waals surface area contributed by atoms with E-state index in [0.29, 0.717) is 18.3 Å². The van der Waals surface area contributed by atoms with Crippen molar-refractivity contribution in [1.29, 1.82) is 0 Å². The van der Waals surface area contributed by atoms with Crippen LogP contribution < -0.4 is 10.1 Å². The van der Waals surface area contributed by atoms with Crippen LogP contribution in [-0.4, -0.2) is 23.1 Å². The number of halogens is 1. The minimum absolute atomic E-state index is 0.216. The third kappa shape index (κ3) is 3.55. The largest absolute Gasteiger partial charge is 0.485 e. The molecule has 0 radical (unpaired) electrons. The third-order valence-corrected chi connectivity index (χ3v) is 3.73. The van der Waals surface area contributed by atoms with Crippen molar-refractivity contribution in [3.05, 3.63) is 53.9 Å². The van der Waals surface area contributed by atoms with E-state index in [4.69, 9.17) is 4.74 Å². The van der Waals surface area contributed by atoms with Crippen LogP contribution in [0.3, 0.4) is 0 Å². The molecule has 110 valence electrons. The fraction of sp³-hybridized carbons (Fsp3) is 0.375. The number of hydrogen-bond acceptors (Lipinski definition) is 4. The van der Waals surface area contributed by atoms with Gasteiger partial charge < -0.3 is 10.1 Å². The highest BCUT2D eigenvalue weighted by Gasteiger charge is 2.20. The zero-order chi connectivity index (χ0) is 14.5. The summed E-state index contributed by atoms with van der Waals surface area (Å²) in [5.41, 5.74) is 0.951. The first kappa shape index (κ1) is 13.9. The van der Waals surface area contributed by atoms with Gasteiger partial charge in [0.2, 0.25) is 0 Å². The molecule has 1 fully saturated rings. The molecule has 0 unspecified atom stereocenters. The molecule has 21 heavy (non-hydrogen) atoms. The lowest BCUT2D eigenvalue weighted by Gasteiger charge is -2.25. The summed E-state index contributed by atoms with van der Waals surface area (Å²) in [6.07, 6.45) is 5.37. The van der Waals surface area contributed by atoms with Gasteiger partial charge in [0.05, 0.1) is 0 Å². The molecule has 1 aliphatic rings. The van der Waals surface area contributed by atoms with Gasteiger partial charge in [-0.05, 0) is 56.1 Å². The Balaban J connectivity index is 1.77. The van der Waals surface area contributed by atoms with Gasteiger partial charge in [-0.15, -0.1) is 0 Å². The van der Waals surface area contributed by atoms with Crippen molar-refractivity contribution in [2.24, 2.45) is 0 Å². The molecule has 0 atom stereocenters. The summed E-state index contributed by atoms with van der Waals surface area (Å²) in [6, 6.07) is 6.50. The van der Waals surface area contributed by atoms with Crippen LogP contribution in [0, 0.1) is 5.82 Å². The number of aromatic nitrogens is 2. The number of hydrogen-bond donors (Lipinski definition) is 1. The van der Waals surface area contributed by atoms with Gasteiger partial charge in [0.1, 0.15) is 18.2 Å². The Morgan fingerprint density at radius 1 is 1.19 bits per heavy atom. The Bertz CT molecular complexity index is 585. The molecule has 0 spiro atoms. The monoisotopic (exact) mass is 287 g/mol. The first-order valence-electron chi connectivity index (χ1n) is 7.22. The normalized spacial score (nSPS) is 15.9. The standard InChI is InChI=1S/C16H18FN3O/c17-13-2-3-15(21-11-16-19-6-1-7-20-16)14(10-13)12-4-8-18-9-5-12/h1-3,6-7,10,12,18H,4-5,8-9,11H2. The maximum atomic E-state index is 13.6. The van der Waals surface area contributed by atoms with Crippen molar-refractivity contribution in [1.82, 2.24) is 15.3 Å². The Kier molecular flexibility index (Phi) is 4.40. The van der Waals surface area contributed by atoms with Crippen LogP contribution in [0.4, 0.5) is 4.39 Å². The number of piperidine rings is 1. The number of benzene rings is 1. The zero-order valence-corrected chi connectivity index (χ0v) is 11.8. The molecule has 2 heterocycles. The van der Waals surface area contributed by atoms with Gasteiger partial charge in [0, 0.05) is 18.0 Å². The van der Waals surface area contributed by atoms with E-state index in [2.05, 4.69) is 15.3 Å². The van der Waals surface area contributed by atoms with E-state index >= 15 is 0 Å². The van der Waals surface area contributed by atoms with Crippen LogP contribution in [0.15, 0.2) is 36.7 Å². The van der Waals surface area contributed by atoms with Crippen molar-refractivity contribution in [3.8, 4) is 5.75 Å². The minimum atomic E-state index is -0.216. The van der Waals surface area contributed by atoms with Crippen LogP contribution in [0.5, 0.6) is 5.75 Å². The molecule has 0 amide bonds. The zero-order valence-electron chi connectivity index (χ0n) is 11.8. The summed E-state index contributed by atoms with van der Waals surface area (Å²) < 4.78 is 19.4. The van der Waals surface area contributed by atoms with E-state index in [0.717, 1.165) is 37.2 Å². The number of nitrogens with one attached hydrogen (secondary N) is 1. The Morgan fingerprint density at radius 3 is 2.71 bits per heavy atom. The van der Waals surface area contributed by atoms with Gasteiger partial charge in [-0.25, -0.2) is 14.4 Å². The van der Waals surface area contributed by atoms with Crippen LogP contribution >= 0.6 is 0 Å². The van der Waals surface area contributed by atoms with Crippen LogP contribution in [0.25, 0.3) is 0 Å². The Hall–Kier alpha value is -2.01. The number of ether oxygens (including phenoxy) is 1. The molecule has 1 saturated heterocycles. The lowest BCUT2D eigenvalue weighted by Crippen LogP contribution is -2.27. The second-order valence-electron chi connectivity index (χ2n) is 5.16. The van der Waals surface area contributed by atoms with E-state index in [1.54, 1.807) is 30.6 Å². The molecule has 1 aliphatic heterocycles. The van der Waals surface area contributed by atoms with Crippen molar-refractivity contribution >= 4 is 0 Å². The van der Waals surface area contributed by atoms with E-state index in [-0.39, 0.29) is 5.82 Å². The molecule has 2 aromatic rings. The quantitative estimate of drug-likeness (QED) is 0.939. The molecule has 3 rings (SSSR count). The van der Waals surface area contributed by atoms with Gasteiger partial charge in [-0.3, -0.25) is 0 Å². The third-order valence-electron chi connectivity index (χ3n) is 3.73. The molecule has 0 saturated carbocycles. The van der Waals surface area contributed by atoms with Crippen molar-refractivity contribution < 1.29 is 9.13 Å². The SMILES string of the molecule is Fc1ccc(OCc2ncccn2)c(C2CCNCC2)c1. The van der Waals surface area contributed by atoms with Gasteiger partial charge in [0.15, 0.2) is 5.82 Å². The Morgan fingerprint density at radius 2 is 1.95 bits per heavy atom. The lowest BCUT2D eigenvalue weighted by molar-refractivity contribution is 0.287. The molecule has 1 aromatic carbocycles. The predicted octanol–water partition coefficient (Wildman–Crippen LogP) is 2.66. The fourth-order valence-corrected chi connectivity index (χ4v) is 2.65. The van der Waals surface area contributed by atoms with Crippen molar-refractivity contribution in [2.45, 2.75) is 25.4 Å². The summed E-state index contributed by atoms with van der Waals surface area (Å²) in [7, 11) is 0. The molecule has 0 bridgehead atoms. The summed E-state index contributed by atoms with van der Waals surface area (Å²) in [5, 5.41) is 3.32. The average Bonchev–Trinajstić information content (AvgIpc) is 2.55. The van der Waals surface area contributed by atoms with E-state index in [1.807, 2.05) is 0 Å². The summed E-state index contributed by atoms with van der Waals surface area (Å²) in [6.45, 7) is 2.22. The van der Waals surface area contributed by atoms with Crippen LogP contribution in [0.1, 0.15) is 30.1 Å². The fourth-order valence-electron chi connectivity index (χ4n) is 2.65. The van der Waals surface area contributed by atoms with E-state index in [1.165, 1.54) is 6.07 Å². The van der Waals surface area contributed by atoms with Crippen LogP contribution in [-0.2, 0) is 6.61 Å². The van der Waals surface area contributed by atoms with E-state index < -0.39 is 0 Å². The predicted molar refractivity (Wildman–Crippen MR) is 77.6 cm³/mol. The lowest BCUT2D eigenvalue weighted by atomic mass is 9.89. The molecule has 1 aromatic heterocycles.